The molecule has 1 aromatic carbocycles. The molecule has 0 aliphatic heterocycles. The van der Waals surface area contributed by atoms with Gasteiger partial charge >= 0.3 is 0 Å². The van der Waals surface area contributed by atoms with Crippen molar-refractivity contribution >= 4 is 29.0 Å². The van der Waals surface area contributed by atoms with E-state index in [1.165, 1.54) is 23.1 Å². The molecule has 7 heteroatoms. The number of rotatable bonds is 7. The van der Waals surface area contributed by atoms with Crippen LogP contribution in [0.25, 0.3) is 0 Å². The number of nitrogens with zero attached hydrogens (tertiary/aromatic N) is 2. The highest BCUT2D eigenvalue weighted by molar-refractivity contribution is 8.01. The smallest absolute Gasteiger partial charge is 0.230 e. The van der Waals surface area contributed by atoms with Crippen molar-refractivity contribution in [3.05, 3.63) is 35.3 Å². The number of thioether (sulfide) groups is 1. The number of hydrogen-bond donors (Lipinski definition) is 1. The highest BCUT2D eigenvalue weighted by Gasteiger charge is 2.18. The lowest BCUT2D eigenvalue weighted by Crippen LogP contribution is -2.32. The van der Waals surface area contributed by atoms with Gasteiger partial charge < -0.3 is 10.1 Å². The molecule has 1 heterocycles. The van der Waals surface area contributed by atoms with Gasteiger partial charge in [-0.25, -0.2) is 0 Å². The van der Waals surface area contributed by atoms with Crippen LogP contribution in [0.15, 0.2) is 34.1 Å². The molecule has 5 nitrogen and oxygen atoms in total. The van der Waals surface area contributed by atoms with Crippen molar-refractivity contribution in [2.75, 3.05) is 12.9 Å². The van der Waals surface area contributed by atoms with Gasteiger partial charge in [0.05, 0.1) is 18.9 Å². The molecule has 118 valence electrons. The number of benzene rings is 1. The maximum atomic E-state index is 12.1. The monoisotopic (exact) mass is 337 g/mol. The summed E-state index contributed by atoms with van der Waals surface area (Å²) in [5.74, 6) is 1.44. The van der Waals surface area contributed by atoms with Crippen LogP contribution in [0.3, 0.4) is 0 Å². The quantitative estimate of drug-likeness (QED) is 0.786. The van der Waals surface area contributed by atoms with Crippen LogP contribution in [-0.2, 0) is 4.79 Å². The summed E-state index contributed by atoms with van der Waals surface area (Å²) in [4.78, 5) is 12.1. The largest absolute Gasteiger partial charge is 0.497 e. The minimum absolute atomic E-state index is 0.00489. The number of carbonyl (C=O) groups is 1. The van der Waals surface area contributed by atoms with Crippen molar-refractivity contribution in [3.63, 3.8) is 0 Å². The minimum atomic E-state index is -0.0200. The summed E-state index contributed by atoms with van der Waals surface area (Å²) in [5, 5.41) is 10.8. The van der Waals surface area contributed by atoms with Gasteiger partial charge in [-0.1, -0.05) is 49.1 Å². The van der Waals surface area contributed by atoms with E-state index in [-0.39, 0.29) is 11.9 Å². The van der Waals surface area contributed by atoms with Crippen LogP contribution < -0.4 is 10.1 Å². The molecular weight excluding hydrogens is 318 g/mol. The Morgan fingerprint density at radius 1 is 1.36 bits per heavy atom. The Balaban J connectivity index is 1.96. The van der Waals surface area contributed by atoms with Crippen LogP contribution in [0.2, 0.25) is 0 Å². The summed E-state index contributed by atoms with van der Waals surface area (Å²) in [6.07, 6.45) is 0. The molecule has 0 aliphatic carbocycles. The Labute approximate surface area is 138 Å². The van der Waals surface area contributed by atoms with Crippen LogP contribution in [0.4, 0.5) is 0 Å². The summed E-state index contributed by atoms with van der Waals surface area (Å²) in [7, 11) is 1.64. The summed E-state index contributed by atoms with van der Waals surface area (Å²) < 4.78 is 5.97. The standard InChI is InChI=1S/C15H19N3O2S2/c1-10(2)14(11-4-6-12(20-3)7-5-11)17-13(19)8-21-15-18-16-9-22-15/h4-7,9-10,14H,8H2,1-3H3,(H,17,19)/t14-/m1/s1. The van der Waals surface area contributed by atoms with E-state index >= 15 is 0 Å². The Kier molecular flexibility index (Phi) is 6.21. The fraction of sp³-hybridized carbons (Fsp3) is 0.400. The van der Waals surface area contributed by atoms with Gasteiger partial charge in [-0.15, -0.1) is 10.2 Å². The van der Waals surface area contributed by atoms with E-state index < -0.39 is 0 Å². The molecule has 1 atom stereocenters. The molecule has 0 saturated heterocycles. The van der Waals surface area contributed by atoms with Gasteiger partial charge in [0.25, 0.3) is 0 Å². The number of carbonyl (C=O) groups excluding carboxylic acids is 1. The SMILES string of the molecule is COc1ccc([C@H](NC(=O)CSc2nncs2)C(C)C)cc1. The molecule has 0 spiro atoms. The van der Waals surface area contributed by atoms with Crippen molar-refractivity contribution < 1.29 is 9.53 Å². The van der Waals surface area contributed by atoms with Crippen molar-refractivity contribution in [1.82, 2.24) is 15.5 Å². The maximum absolute atomic E-state index is 12.1. The van der Waals surface area contributed by atoms with E-state index in [1.807, 2.05) is 24.3 Å². The third-order valence-electron chi connectivity index (χ3n) is 3.12. The molecule has 0 fully saturated rings. The predicted octanol–water partition coefficient (Wildman–Crippen LogP) is 3.15. The molecule has 2 aromatic rings. The molecule has 1 aromatic heterocycles. The first-order chi connectivity index (χ1) is 10.6. The molecule has 2 rings (SSSR count). The normalized spacial score (nSPS) is 12.2. The van der Waals surface area contributed by atoms with Crippen molar-refractivity contribution in [2.24, 2.45) is 5.92 Å². The second-order valence-corrected chi connectivity index (χ2v) is 7.11. The summed E-state index contributed by atoms with van der Waals surface area (Å²) in [5.41, 5.74) is 2.74. The first kappa shape index (κ1) is 16.8. The predicted molar refractivity (Wildman–Crippen MR) is 89.3 cm³/mol. The van der Waals surface area contributed by atoms with E-state index in [9.17, 15) is 4.79 Å². The fourth-order valence-corrected chi connectivity index (χ4v) is 3.31. The van der Waals surface area contributed by atoms with Gasteiger partial charge in [-0.2, -0.15) is 0 Å². The number of amides is 1. The number of ether oxygens (including phenoxy) is 1. The van der Waals surface area contributed by atoms with Crippen LogP contribution in [0.1, 0.15) is 25.5 Å². The third kappa shape index (κ3) is 4.71. The molecule has 1 N–H and O–H groups in total. The van der Waals surface area contributed by atoms with E-state index in [2.05, 4.69) is 29.4 Å². The molecule has 22 heavy (non-hydrogen) atoms. The van der Waals surface area contributed by atoms with Crippen molar-refractivity contribution in [2.45, 2.75) is 24.2 Å². The lowest BCUT2D eigenvalue weighted by Gasteiger charge is -2.23. The third-order valence-corrected chi connectivity index (χ3v) is 4.99. The second-order valence-electron chi connectivity index (χ2n) is 5.06. The molecule has 0 saturated carbocycles. The Morgan fingerprint density at radius 2 is 2.09 bits per heavy atom. The van der Waals surface area contributed by atoms with E-state index in [0.717, 1.165) is 15.7 Å². The molecule has 0 unspecified atom stereocenters. The average molecular weight is 337 g/mol. The molecular formula is C15H19N3O2S2. The van der Waals surface area contributed by atoms with Gasteiger partial charge in [0.1, 0.15) is 11.3 Å². The average Bonchev–Trinajstić information content (AvgIpc) is 3.04. The zero-order valence-electron chi connectivity index (χ0n) is 12.8. The molecule has 0 radical (unpaired) electrons. The van der Waals surface area contributed by atoms with E-state index in [4.69, 9.17) is 4.74 Å². The Morgan fingerprint density at radius 3 is 2.64 bits per heavy atom. The number of nitrogens with one attached hydrogen (secondary N) is 1. The van der Waals surface area contributed by atoms with Crippen LogP contribution >= 0.6 is 23.1 Å². The Hall–Kier alpha value is -1.60. The summed E-state index contributed by atoms with van der Waals surface area (Å²) in [6.45, 7) is 4.18. The number of methoxy groups -OCH3 is 1. The zero-order chi connectivity index (χ0) is 15.9. The van der Waals surface area contributed by atoms with Gasteiger partial charge in [0.2, 0.25) is 5.91 Å². The first-order valence-electron chi connectivity index (χ1n) is 6.92. The topological polar surface area (TPSA) is 64.1 Å². The first-order valence-corrected chi connectivity index (χ1v) is 8.79. The lowest BCUT2D eigenvalue weighted by molar-refractivity contribution is -0.119. The van der Waals surface area contributed by atoms with Crippen LogP contribution in [0.5, 0.6) is 5.75 Å². The minimum Gasteiger partial charge on any atom is -0.497 e. The highest BCUT2D eigenvalue weighted by Crippen LogP contribution is 2.25. The van der Waals surface area contributed by atoms with Gasteiger partial charge in [0, 0.05) is 0 Å². The van der Waals surface area contributed by atoms with E-state index in [1.54, 1.807) is 12.6 Å². The van der Waals surface area contributed by atoms with Gasteiger partial charge in [-0.3, -0.25) is 4.79 Å². The lowest BCUT2D eigenvalue weighted by atomic mass is 9.96. The number of hydrogen-bond acceptors (Lipinski definition) is 6. The molecule has 1 amide bonds. The Bertz CT molecular complexity index is 585. The second kappa shape index (κ2) is 8.14. The summed E-state index contributed by atoms with van der Waals surface area (Å²) in [6, 6.07) is 7.77. The molecule has 0 aliphatic rings. The van der Waals surface area contributed by atoms with Crippen LogP contribution in [0, 0.1) is 5.92 Å². The zero-order valence-corrected chi connectivity index (χ0v) is 14.4. The highest BCUT2D eigenvalue weighted by atomic mass is 32.2. The fourth-order valence-electron chi connectivity index (χ4n) is 2.01. The van der Waals surface area contributed by atoms with E-state index in [0.29, 0.717) is 11.7 Å². The molecule has 0 bridgehead atoms. The van der Waals surface area contributed by atoms with Gasteiger partial charge in [0.15, 0.2) is 4.34 Å². The van der Waals surface area contributed by atoms with Crippen molar-refractivity contribution in [1.29, 1.82) is 0 Å². The van der Waals surface area contributed by atoms with Crippen molar-refractivity contribution in [3.8, 4) is 5.75 Å². The van der Waals surface area contributed by atoms with Crippen LogP contribution in [-0.4, -0.2) is 29.0 Å². The van der Waals surface area contributed by atoms with Gasteiger partial charge in [-0.05, 0) is 23.6 Å². The summed E-state index contributed by atoms with van der Waals surface area (Å²) >= 11 is 2.84. The number of aromatic nitrogens is 2. The maximum Gasteiger partial charge on any atom is 0.230 e.